The highest BCUT2D eigenvalue weighted by molar-refractivity contribution is 6.29. The number of ketones is 1. The summed E-state index contributed by atoms with van der Waals surface area (Å²) in [6.45, 7) is 7.69. The van der Waals surface area contributed by atoms with Crippen LogP contribution in [0.1, 0.15) is 162 Å². The van der Waals surface area contributed by atoms with Gasteiger partial charge < -0.3 is 35.3 Å². The van der Waals surface area contributed by atoms with Gasteiger partial charge in [0, 0.05) is 71.8 Å². The van der Waals surface area contributed by atoms with Gasteiger partial charge in [-0.25, -0.2) is 29.3 Å². The number of carbonyl (C=O) groups is 4. The summed E-state index contributed by atoms with van der Waals surface area (Å²) in [5, 5.41) is 34.6. The highest BCUT2D eigenvalue weighted by atomic mass is 35.5. The van der Waals surface area contributed by atoms with Crippen molar-refractivity contribution in [3.8, 4) is 0 Å². The summed E-state index contributed by atoms with van der Waals surface area (Å²) in [6, 6.07) is 13.3. The Hall–Kier alpha value is -10.1. The van der Waals surface area contributed by atoms with Gasteiger partial charge in [-0.15, -0.1) is 0 Å². The van der Waals surface area contributed by atoms with Crippen LogP contribution in [0.2, 0.25) is 15.9 Å². The fourth-order valence-electron chi connectivity index (χ4n) is 16.4. The van der Waals surface area contributed by atoms with E-state index >= 15 is 0 Å². The number of carbonyl (C=O) groups excluding carboxylic acids is 4. The van der Waals surface area contributed by atoms with Crippen molar-refractivity contribution in [2.45, 2.75) is 211 Å². The second-order valence-corrected chi connectivity index (χ2v) is 29.2. The van der Waals surface area contributed by atoms with Gasteiger partial charge in [0.05, 0.1) is 42.7 Å². The molecule has 4 aliphatic carbocycles. The number of benzene rings is 1. The molecule has 2 N–H and O–H groups in total. The van der Waals surface area contributed by atoms with Gasteiger partial charge in [-0.2, -0.15) is 29.5 Å². The van der Waals surface area contributed by atoms with Crippen LogP contribution in [0.25, 0.3) is 10.9 Å². The van der Waals surface area contributed by atoms with Gasteiger partial charge in [-0.05, 0) is 150 Å². The molecule has 0 saturated heterocycles. The smallest absolute Gasteiger partial charge is 0.254 e. The van der Waals surface area contributed by atoms with E-state index in [1.807, 2.05) is 39.8 Å². The highest BCUT2D eigenvalue weighted by Gasteiger charge is 2.46. The molecule has 8 aliphatic rings. The summed E-state index contributed by atoms with van der Waals surface area (Å²) < 4.78 is 15.8. The molecule has 552 valence electrons. The Morgan fingerprint density at radius 1 is 0.491 bits per heavy atom. The number of aromatic amines is 1. The van der Waals surface area contributed by atoms with Gasteiger partial charge in [0.15, 0.2) is 41.4 Å². The first-order valence-corrected chi connectivity index (χ1v) is 37.8. The molecule has 0 bridgehead atoms. The maximum Gasteiger partial charge on any atom is 0.254 e. The van der Waals surface area contributed by atoms with Crippen LogP contribution in [-0.2, 0) is 25.6 Å². The Kier molecular flexibility index (Phi) is 22.0. The average molecular weight is 1500 g/mol. The lowest BCUT2D eigenvalue weighted by molar-refractivity contribution is -0.604. The number of pyridine rings is 3. The fourth-order valence-corrected chi connectivity index (χ4v) is 16.8. The first-order valence-electron chi connectivity index (χ1n) is 36.7. The molecule has 4 saturated carbocycles. The number of nitrogens with zero attached hydrogens (tertiary/aromatic N) is 19. The molecular formula is C75H83Cl3FN21O6. The SMILES string of the molecule is C[C@@H]1C(=O)Cc2cnc(Cl)nc2N1C1CCCCC1.C[C@@H]1C(=O)N(c2ccc[n+]([O-])c2)c2cnc(Cl)nc2N1C1CCCCC1.C[C@@H]1C(=O)N(c2ccc[n+]([O-])c2)c2cnc(Nc3cc(F)c4[nH]ncc4c3)nc2N1C1CCCCC1.C[C@@H]1C(=O)N(c2cccnc2)c2cnc(Cl)nc2N1C1CCCCC1. The van der Waals surface area contributed by atoms with E-state index in [4.69, 9.17) is 39.8 Å². The van der Waals surface area contributed by atoms with Crippen LogP contribution in [0.5, 0.6) is 0 Å². The minimum Gasteiger partial charge on any atom is -0.619 e. The van der Waals surface area contributed by atoms with Crippen LogP contribution in [0.3, 0.4) is 0 Å². The molecule has 1 aromatic carbocycles. The van der Waals surface area contributed by atoms with Crippen LogP contribution in [0, 0.1) is 16.2 Å². The van der Waals surface area contributed by atoms with Crippen molar-refractivity contribution >= 4 is 138 Å². The number of amides is 3. The van der Waals surface area contributed by atoms with E-state index in [1.54, 1.807) is 78.6 Å². The Labute approximate surface area is 627 Å². The molecule has 17 rings (SSSR count). The van der Waals surface area contributed by atoms with Crippen LogP contribution in [0.15, 0.2) is 117 Å². The van der Waals surface area contributed by atoms with Crippen LogP contribution in [-0.4, -0.2) is 127 Å². The number of hydrogen-bond donors (Lipinski definition) is 2. The van der Waals surface area contributed by atoms with Crippen molar-refractivity contribution < 1.29 is 33.0 Å². The zero-order valence-electron chi connectivity index (χ0n) is 59.4. The molecule has 0 radical (unpaired) electrons. The second-order valence-electron chi connectivity index (χ2n) is 28.2. The zero-order chi connectivity index (χ0) is 73.9. The first-order chi connectivity index (χ1) is 51.4. The Bertz CT molecular complexity index is 4700. The fraction of sp³-hybridized carbons (Fsp3) is 0.440. The summed E-state index contributed by atoms with van der Waals surface area (Å²) in [5.41, 5.74) is 5.14. The van der Waals surface area contributed by atoms with Gasteiger partial charge in [0.1, 0.15) is 57.9 Å². The number of nitrogens with one attached hydrogen (secondary N) is 2. The normalized spacial score (nSPS) is 20.8. The maximum atomic E-state index is 14.5. The lowest BCUT2D eigenvalue weighted by Gasteiger charge is -2.45. The number of anilines is 12. The maximum absolute atomic E-state index is 14.5. The van der Waals surface area contributed by atoms with Crippen molar-refractivity contribution in [3.63, 3.8) is 0 Å². The molecule has 0 spiro atoms. The lowest BCUT2D eigenvalue weighted by Crippen LogP contribution is -2.55. The Morgan fingerprint density at radius 3 is 1.36 bits per heavy atom. The highest BCUT2D eigenvalue weighted by Crippen LogP contribution is 2.46. The van der Waals surface area contributed by atoms with Crippen molar-refractivity contribution in [2.75, 3.05) is 39.6 Å². The van der Waals surface area contributed by atoms with E-state index in [1.165, 1.54) is 92.0 Å². The van der Waals surface area contributed by atoms with Gasteiger partial charge >= 0.3 is 0 Å². The van der Waals surface area contributed by atoms with Crippen LogP contribution in [0.4, 0.5) is 73.4 Å². The summed E-state index contributed by atoms with van der Waals surface area (Å²) in [5.74, 6) is 2.75. The predicted molar refractivity (Wildman–Crippen MR) is 403 cm³/mol. The number of rotatable bonds is 9. The summed E-state index contributed by atoms with van der Waals surface area (Å²) in [7, 11) is 0. The molecule has 3 amide bonds. The third kappa shape index (κ3) is 15.1. The second kappa shape index (κ2) is 31.9. The molecule has 31 heteroatoms. The van der Waals surface area contributed by atoms with Gasteiger partial charge in [-0.3, -0.25) is 44.0 Å². The molecule has 0 unspecified atom stereocenters. The van der Waals surface area contributed by atoms with E-state index in [0.29, 0.717) is 84.6 Å². The van der Waals surface area contributed by atoms with Crippen molar-refractivity contribution in [1.29, 1.82) is 0 Å². The van der Waals surface area contributed by atoms with Crippen molar-refractivity contribution in [3.05, 3.63) is 154 Å². The minimum atomic E-state index is -0.483. The van der Waals surface area contributed by atoms with E-state index in [0.717, 1.165) is 99.9 Å². The number of fused-ring (bicyclic) bond motifs is 5. The third-order valence-electron chi connectivity index (χ3n) is 21.5. The monoisotopic (exact) mass is 1500 g/mol. The van der Waals surface area contributed by atoms with Crippen LogP contribution >= 0.6 is 34.8 Å². The van der Waals surface area contributed by atoms with Crippen LogP contribution < -0.4 is 49.1 Å². The summed E-state index contributed by atoms with van der Waals surface area (Å²) in [6.07, 6.45) is 40.0. The van der Waals surface area contributed by atoms with Gasteiger partial charge in [0.25, 0.3) is 17.7 Å². The summed E-state index contributed by atoms with van der Waals surface area (Å²) >= 11 is 18.1. The number of halogens is 4. The zero-order valence-corrected chi connectivity index (χ0v) is 61.7. The number of H-pyrrole nitrogens is 1. The predicted octanol–water partition coefficient (Wildman–Crippen LogP) is 13.6. The molecule has 8 aromatic heterocycles. The Balaban J connectivity index is 0.000000122. The molecule has 4 fully saturated rings. The molecule has 27 nitrogen and oxygen atoms in total. The van der Waals surface area contributed by atoms with Gasteiger partial charge in [-0.1, -0.05) is 77.0 Å². The van der Waals surface area contributed by atoms with Gasteiger partial charge in [0.2, 0.25) is 34.2 Å². The number of Topliss-reactive ketones (excluding diaryl/α,β-unsaturated/α-hetero) is 1. The van der Waals surface area contributed by atoms with E-state index < -0.39 is 17.9 Å². The van der Waals surface area contributed by atoms with Crippen molar-refractivity contribution in [2.24, 2.45) is 0 Å². The van der Waals surface area contributed by atoms with Crippen molar-refractivity contribution in [1.82, 2.24) is 55.1 Å². The summed E-state index contributed by atoms with van der Waals surface area (Å²) in [4.78, 5) is 104. The molecule has 106 heavy (non-hydrogen) atoms. The molecule has 4 atom stereocenters. The largest absolute Gasteiger partial charge is 0.619 e. The average Bonchev–Trinajstić information content (AvgIpc) is 0.864. The van der Waals surface area contributed by atoms with E-state index in [-0.39, 0.29) is 69.5 Å². The molecule has 4 aliphatic heterocycles. The first kappa shape index (κ1) is 72.9. The topological polar surface area (TPSA) is 302 Å². The third-order valence-corrected chi connectivity index (χ3v) is 22.1. The quantitative estimate of drug-likeness (QED) is 0.0770. The lowest BCUT2D eigenvalue weighted by atomic mass is 9.90. The number of aromatic nitrogens is 13. The molecule has 12 heterocycles. The minimum absolute atomic E-state index is 0.0111. The Morgan fingerprint density at radius 2 is 0.906 bits per heavy atom. The van der Waals surface area contributed by atoms with E-state index in [9.17, 15) is 34.0 Å². The molecule has 9 aromatic rings. The number of hydrogen-bond acceptors (Lipinski definition) is 21. The van der Waals surface area contributed by atoms with E-state index in [2.05, 4.69) is 75.0 Å². The standard InChI is InChI=1S/C25H25FN8O2.C18H20ClN5O2.C18H20ClN5O.C14H18ClN3O/c1-15-24(35)34(19-8-5-9-32(36)14-19)21-13-27-25(30-23(21)33(15)18-6-3-2-4-7-18)29-17-10-16-12-28-31-22(16)20(26)11-17;1-12-17(25)24(14-8-5-9-22(26)11-14)15-10-20-18(19)21-16(15)23(12)13-6-3-2-4-7-13;1-12-17(25)24(14-8-5-9-20-10-14)15-11-21-18(19)22-16(15)23(12)13-6-3-2-4-7-13;1-9-12(19)7-10-8-16-14(15)17-13(10)18(9)11-5-3-2-4-6-11/h5,8-15,18H,2-4,6-7H2,1H3,(H,28,31)(H,27,29,30);5,8-13H,2-4,6-7H2,1H3;5,8-13H,2-4,6-7H2,1H3;8-9,11H,2-7H2,1H3/t15-;2*12-;9-/m1111/s1. The molecular weight excluding hydrogens is 1420 g/mol.